The highest BCUT2D eigenvalue weighted by Gasteiger charge is 2.21. The number of carbonyl (C=O) groups is 1. The fourth-order valence-corrected chi connectivity index (χ4v) is 3.83. The Labute approximate surface area is 175 Å². The molecule has 0 aromatic heterocycles. The molecule has 0 aliphatic heterocycles. The molecule has 0 aliphatic carbocycles. The van der Waals surface area contributed by atoms with Crippen LogP contribution in [-0.2, 0) is 10.0 Å². The van der Waals surface area contributed by atoms with Gasteiger partial charge in [-0.1, -0.05) is 6.07 Å². The molecule has 160 valence electrons. The lowest BCUT2D eigenvalue weighted by molar-refractivity contribution is -0.385. The molecular formula is C20H15F2N3O5S. The van der Waals surface area contributed by atoms with Gasteiger partial charge in [-0.05, 0) is 55.5 Å². The lowest BCUT2D eigenvalue weighted by Crippen LogP contribution is -2.16. The molecule has 0 bridgehead atoms. The molecule has 0 unspecified atom stereocenters. The smallest absolute Gasteiger partial charge is 0.274 e. The fraction of sp³-hybridized carbons (Fsp3) is 0.0500. The van der Waals surface area contributed by atoms with E-state index in [0.717, 1.165) is 24.3 Å². The minimum atomic E-state index is -4.27. The van der Waals surface area contributed by atoms with Crippen molar-refractivity contribution in [3.05, 3.63) is 93.5 Å². The molecule has 0 saturated carbocycles. The maximum Gasteiger partial charge on any atom is 0.274 e. The molecule has 3 rings (SSSR count). The van der Waals surface area contributed by atoms with Gasteiger partial charge in [0.2, 0.25) is 0 Å². The van der Waals surface area contributed by atoms with Crippen LogP contribution in [0.3, 0.4) is 0 Å². The minimum absolute atomic E-state index is 0.0247. The standard InChI is InChI=1S/C20H15F2N3O5S/c1-12-17(3-2-4-19(12)25(27)28)24-31(29,30)15-9-10-18(16(22)11-15)23-20(26)13-5-7-14(21)8-6-13/h2-11,24H,1H3,(H,23,26). The van der Waals surface area contributed by atoms with Gasteiger partial charge in [0, 0.05) is 11.6 Å². The molecule has 0 radical (unpaired) electrons. The normalized spacial score (nSPS) is 11.1. The van der Waals surface area contributed by atoms with Crippen molar-refractivity contribution in [2.24, 2.45) is 0 Å². The first kappa shape index (κ1) is 21.8. The van der Waals surface area contributed by atoms with Crippen molar-refractivity contribution in [2.45, 2.75) is 11.8 Å². The number of rotatable bonds is 6. The number of nitro groups is 1. The van der Waals surface area contributed by atoms with Gasteiger partial charge in [-0.25, -0.2) is 17.2 Å². The first-order valence-corrected chi connectivity index (χ1v) is 10.2. The summed E-state index contributed by atoms with van der Waals surface area (Å²) in [7, 11) is -4.27. The van der Waals surface area contributed by atoms with Crippen molar-refractivity contribution in [3.8, 4) is 0 Å². The Bertz CT molecular complexity index is 1280. The number of nitrogens with one attached hydrogen (secondary N) is 2. The van der Waals surface area contributed by atoms with Crippen LogP contribution in [0.5, 0.6) is 0 Å². The van der Waals surface area contributed by atoms with E-state index in [2.05, 4.69) is 10.0 Å². The molecular weight excluding hydrogens is 432 g/mol. The minimum Gasteiger partial charge on any atom is -0.319 e. The highest BCUT2D eigenvalue weighted by Crippen LogP contribution is 2.28. The van der Waals surface area contributed by atoms with Crippen LogP contribution in [0.25, 0.3) is 0 Å². The van der Waals surface area contributed by atoms with Crippen LogP contribution in [0.4, 0.5) is 25.8 Å². The van der Waals surface area contributed by atoms with Crippen LogP contribution >= 0.6 is 0 Å². The molecule has 3 aromatic carbocycles. The Morgan fingerprint density at radius 2 is 1.68 bits per heavy atom. The third kappa shape index (κ3) is 4.83. The quantitative estimate of drug-likeness (QED) is 0.433. The van der Waals surface area contributed by atoms with E-state index in [0.29, 0.717) is 6.07 Å². The summed E-state index contributed by atoms with van der Waals surface area (Å²) in [6.07, 6.45) is 0. The zero-order valence-corrected chi connectivity index (χ0v) is 16.7. The van der Waals surface area contributed by atoms with Gasteiger partial charge in [0.15, 0.2) is 0 Å². The number of benzene rings is 3. The third-order valence-corrected chi connectivity index (χ3v) is 5.71. The molecule has 31 heavy (non-hydrogen) atoms. The maximum atomic E-state index is 14.5. The topological polar surface area (TPSA) is 118 Å². The predicted molar refractivity (Wildman–Crippen MR) is 109 cm³/mol. The van der Waals surface area contributed by atoms with Crippen LogP contribution in [0.15, 0.2) is 65.6 Å². The zero-order valence-electron chi connectivity index (χ0n) is 15.9. The molecule has 0 aliphatic rings. The lowest BCUT2D eigenvalue weighted by Gasteiger charge is -2.12. The maximum absolute atomic E-state index is 14.5. The number of hydrogen-bond donors (Lipinski definition) is 2. The van der Waals surface area contributed by atoms with Gasteiger partial charge in [0.05, 0.1) is 26.8 Å². The molecule has 8 nitrogen and oxygen atoms in total. The lowest BCUT2D eigenvalue weighted by atomic mass is 10.2. The van der Waals surface area contributed by atoms with E-state index in [9.17, 15) is 32.1 Å². The van der Waals surface area contributed by atoms with Crippen molar-refractivity contribution in [2.75, 3.05) is 10.0 Å². The fourth-order valence-electron chi connectivity index (χ4n) is 2.70. The second-order valence-corrected chi connectivity index (χ2v) is 8.10. The van der Waals surface area contributed by atoms with Crippen molar-refractivity contribution >= 4 is 33.0 Å². The molecule has 0 spiro atoms. The summed E-state index contributed by atoms with van der Waals surface area (Å²) < 4.78 is 54.8. The summed E-state index contributed by atoms with van der Waals surface area (Å²) in [5, 5.41) is 13.3. The summed E-state index contributed by atoms with van der Waals surface area (Å²) >= 11 is 0. The van der Waals surface area contributed by atoms with Gasteiger partial charge in [0.1, 0.15) is 11.6 Å². The third-order valence-electron chi connectivity index (χ3n) is 4.35. The van der Waals surface area contributed by atoms with E-state index in [1.165, 1.54) is 37.3 Å². The first-order valence-electron chi connectivity index (χ1n) is 8.72. The van der Waals surface area contributed by atoms with E-state index in [1.807, 2.05) is 0 Å². The number of nitrogens with zero attached hydrogens (tertiary/aromatic N) is 1. The van der Waals surface area contributed by atoms with Gasteiger partial charge in [0.25, 0.3) is 21.6 Å². The first-order chi connectivity index (χ1) is 14.6. The largest absolute Gasteiger partial charge is 0.319 e. The van der Waals surface area contributed by atoms with Crippen molar-refractivity contribution in [1.82, 2.24) is 0 Å². The molecule has 1 amide bonds. The summed E-state index contributed by atoms with van der Waals surface area (Å²) in [6, 6.07) is 11.3. The SMILES string of the molecule is Cc1c(NS(=O)(=O)c2ccc(NC(=O)c3ccc(F)cc3)c(F)c2)cccc1[N+](=O)[O-]. The van der Waals surface area contributed by atoms with Crippen LogP contribution in [-0.4, -0.2) is 19.2 Å². The summed E-state index contributed by atoms with van der Waals surface area (Å²) in [6.45, 7) is 1.38. The molecule has 0 fully saturated rings. The van der Waals surface area contributed by atoms with Gasteiger partial charge >= 0.3 is 0 Å². The Balaban J connectivity index is 1.83. The van der Waals surface area contributed by atoms with Crippen molar-refractivity contribution in [1.29, 1.82) is 0 Å². The van der Waals surface area contributed by atoms with Crippen molar-refractivity contribution in [3.63, 3.8) is 0 Å². The Morgan fingerprint density at radius 1 is 1.00 bits per heavy atom. The number of amides is 1. The number of nitro benzene ring substituents is 1. The number of sulfonamides is 1. The van der Waals surface area contributed by atoms with Crippen LogP contribution < -0.4 is 10.0 Å². The Kier molecular flexibility index (Phi) is 5.97. The van der Waals surface area contributed by atoms with E-state index in [-0.39, 0.29) is 28.2 Å². The van der Waals surface area contributed by atoms with E-state index in [1.54, 1.807) is 0 Å². The molecule has 0 saturated heterocycles. The molecule has 2 N–H and O–H groups in total. The molecule has 11 heteroatoms. The predicted octanol–water partition coefficient (Wildman–Crippen LogP) is 4.23. The van der Waals surface area contributed by atoms with Crippen LogP contribution in [0.1, 0.15) is 15.9 Å². The van der Waals surface area contributed by atoms with Crippen molar-refractivity contribution < 1.29 is 26.9 Å². The van der Waals surface area contributed by atoms with Gasteiger partial charge in [-0.3, -0.25) is 19.6 Å². The molecule has 0 heterocycles. The van der Waals surface area contributed by atoms with Gasteiger partial charge < -0.3 is 5.32 Å². The number of hydrogen-bond acceptors (Lipinski definition) is 5. The number of carbonyl (C=O) groups excluding carboxylic acids is 1. The zero-order chi connectivity index (χ0) is 22.8. The van der Waals surface area contributed by atoms with Gasteiger partial charge in [-0.15, -0.1) is 0 Å². The summed E-state index contributed by atoms with van der Waals surface area (Å²) in [4.78, 5) is 22.1. The number of anilines is 2. The average Bonchev–Trinajstić information content (AvgIpc) is 2.71. The second-order valence-electron chi connectivity index (χ2n) is 6.41. The average molecular weight is 447 g/mol. The highest BCUT2D eigenvalue weighted by molar-refractivity contribution is 7.92. The van der Waals surface area contributed by atoms with Crippen LogP contribution in [0, 0.1) is 28.7 Å². The highest BCUT2D eigenvalue weighted by atomic mass is 32.2. The molecule has 3 aromatic rings. The molecule has 0 atom stereocenters. The monoisotopic (exact) mass is 447 g/mol. The second kappa shape index (κ2) is 8.48. The summed E-state index contributed by atoms with van der Waals surface area (Å²) in [5.74, 6) is -2.27. The van der Waals surface area contributed by atoms with E-state index >= 15 is 0 Å². The number of halogens is 2. The Morgan fingerprint density at radius 3 is 2.29 bits per heavy atom. The Hall–Kier alpha value is -3.86. The van der Waals surface area contributed by atoms with E-state index in [4.69, 9.17) is 0 Å². The summed E-state index contributed by atoms with van der Waals surface area (Å²) in [5.41, 5.74) is -0.395. The van der Waals surface area contributed by atoms with Gasteiger partial charge in [-0.2, -0.15) is 0 Å². The van der Waals surface area contributed by atoms with Crippen LogP contribution in [0.2, 0.25) is 0 Å². The van der Waals surface area contributed by atoms with E-state index < -0.39 is 37.4 Å².